The molecule has 6 heteroatoms. The molecular formula is C29H34N2O4. The normalized spacial score (nSPS) is 12.9. The van der Waals surface area contributed by atoms with Crippen molar-refractivity contribution in [3.05, 3.63) is 108 Å². The van der Waals surface area contributed by atoms with Gasteiger partial charge in [0.1, 0.15) is 12.6 Å². The van der Waals surface area contributed by atoms with E-state index in [4.69, 9.17) is 4.74 Å². The van der Waals surface area contributed by atoms with Gasteiger partial charge in [0.05, 0.1) is 11.6 Å². The molecule has 2 atom stereocenters. The van der Waals surface area contributed by atoms with E-state index in [1.807, 2.05) is 105 Å². The Morgan fingerprint density at radius 3 is 1.86 bits per heavy atom. The van der Waals surface area contributed by atoms with Gasteiger partial charge in [-0.3, -0.25) is 4.79 Å². The minimum atomic E-state index is -1.14. The fourth-order valence-corrected chi connectivity index (χ4v) is 4.04. The largest absolute Gasteiger partial charge is 0.445 e. The van der Waals surface area contributed by atoms with Gasteiger partial charge < -0.3 is 20.5 Å². The maximum Gasteiger partial charge on any atom is 0.408 e. The van der Waals surface area contributed by atoms with Crippen LogP contribution in [-0.4, -0.2) is 28.7 Å². The second kappa shape index (κ2) is 12.7. The Morgan fingerprint density at radius 2 is 1.31 bits per heavy atom. The average molecular weight is 475 g/mol. The number of carbonyl (C=O) groups is 2. The van der Waals surface area contributed by atoms with Crippen LogP contribution in [0.2, 0.25) is 0 Å². The van der Waals surface area contributed by atoms with E-state index in [9.17, 15) is 14.7 Å². The first-order valence-electron chi connectivity index (χ1n) is 12.0. The summed E-state index contributed by atoms with van der Waals surface area (Å²) in [6.45, 7) is 3.89. The molecular weight excluding hydrogens is 440 g/mol. The predicted octanol–water partition coefficient (Wildman–Crippen LogP) is 4.93. The molecule has 3 N–H and O–H groups in total. The quantitative estimate of drug-likeness (QED) is 0.368. The van der Waals surface area contributed by atoms with Crippen molar-refractivity contribution in [3.8, 4) is 0 Å². The number of carbonyl (C=O) groups excluding carboxylic acids is 2. The zero-order chi connectivity index (χ0) is 25.1. The number of nitrogens with one attached hydrogen (secondary N) is 2. The lowest BCUT2D eigenvalue weighted by Crippen LogP contribution is -2.53. The van der Waals surface area contributed by atoms with Crippen LogP contribution in [0, 0.1) is 0 Å². The van der Waals surface area contributed by atoms with E-state index in [1.165, 1.54) is 0 Å². The molecule has 0 saturated heterocycles. The van der Waals surface area contributed by atoms with Gasteiger partial charge >= 0.3 is 6.09 Å². The number of alkyl carbamates (subject to hydrolysis) is 1. The fraction of sp³-hybridized carbons (Fsp3) is 0.310. The third-order valence-electron chi connectivity index (χ3n) is 6.29. The van der Waals surface area contributed by atoms with Crippen molar-refractivity contribution in [1.82, 2.24) is 10.6 Å². The Kier molecular flexibility index (Phi) is 9.44. The zero-order valence-electron chi connectivity index (χ0n) is 20.3. The predicted molar refractivity (Wildman–Crippen MR) is 137 cm³/mol. The number of ether oxygens (including phenoxy) is 1. The van der Waals surface area contributed by atoms with Crippen LogP contribution in [0.5, 0.6) is 0 Å². The molecule has 0 saturated carbocycles. The number of hydrogen-bond donors (Lipinski definition) is 3. The van der Waals surface area contributed by atoms with Gasteiger partial charge in [-0.1, -0.05) is 105 Å². The number of benzene rings is 3. The van der Waals surface area contributed by atoms with Gasteiger partial charge in [-0.25, -0.2) is 4.79 Å². The van der Waals surface area contributed by atoms with Gasteiger partial charge in [-0.2, -0.15) is 0 Å². The van der Waals surface area contributed by atoms with Crippen molar-refractivity contribution >= 4 is 12.0 Å². The van der Waals surface area contributed by atoms with E-state index in [-0.39, 0.29) is 18.9 Å². The summed E-state index contributed by atoms with van der Waals surface area (Å²) in [6.07, 6.45) is 0.520. The van der Waals surface area contributed by atoms with Crippen LogP contribution in [0.3, 0.4) is 0 Å². The second-order valence-corrected chi connectivity index (χ2v) is 8.61. The molecule has 3 rings (SSSR count). The highest BCUT2D eigenvalue weighted by Gasteiger charge is 2.37. The zero-order valence-corrected chi connectivity index (χ0v) is 20.3. The molecule has 3 aromatic rings. The van der Waals surface area contributed by atoms with Crippen molar-refractivity contribution in [1.29, 1.82) is 0 Å². The van der Waals surface area contributed by atoms with Gasteiger partial charge in [-0.15, -0.1) is 0 Å². The second-order valence-electron chi connectivity index (χ2n) is 8.61. The van der Waals surface area contributed by atoms with Crippen LogP contribution in [0.15, 0.2) is 91.0 Å². The van der Waals surface area contributed by atoms with Crippen LogP contribution < -0.4 is 10.6 Å². The van der Waals surface area contributed by atoms with Crippen LogP contribution in [0.1, 0.15) is 49.4 Å². The van der Waals surface area contributed by atoms with E-state index in [0.29, 0.717) is 12.8 Å². The molecule has 0 heterocycles. The summed E-state index contributed by atoms with van der Waals surface area (Å²) < 4.78 is 5.37. The highest BCUT2D eigenvalue weighted by Crippen LogP contribution is 2.32. The Labute approximate surface area is 207 Å². The van der Waals surface area contributed by atoms with E-state index in [1.54, 1.807) is 0 Å². The van der Waals surface area contributed by atoms with Crippen LogP contribution >= 0.6 is 0 Å². The molecule has 0 aromatic heterocycles. The highest BCUT2D eigenvalue weighted by molar-refractivity contribution is 5.86. The monoisotopic (exact) mass is 474 g/mol. The molecule has 6 nitrogen and oxygen atoms in total. The number of amides is 2. The Morgan fingerprint density at radius 1 is 0.800 bits per heavy atom. The Balaban J connectivity index is 1.79. The van der Waals surface area contributed by atoms with Crippen LogP contribution in [0.25, 0.3) is 0 Å². The van der Waals surface area contributed by atoms with E-state index >= 15 is 0 Å². The van der Waals surface area contributed by atoms with Crippen molar-refractivity contribution in [2.75, 3.05) is 0 Å². The SMILES string of the molecule is CCC(O)(CC)[C@@H](NC(=O)[C@H](Cc1ccccc1)NC(=O)OCc1ccccc1)c1ccccc1. The standard InChI is InChI=1S/C29H34N2O4/c1-3-29(34,4-2)26(24-18-12-7-13-19-24)31-27(32)25(20-22-14-8-5-9-15-22)30-28(33)35-21-23-16-10-6-11-17-23/h5-19,25-26,34H,3-4,20-21H2,1-2H3,(H,30,33)(H,31,32)/t25-,26-/m0/s1. The van der Waals surface area contributed by atoms with Gasteiger partial charge in [0.25, 0.3) is 0 Å². The third kappa shape index (κ3) is 7.42. The Hall–Kier alpha value is -3.64. The smallest absolute Gasteiger partial charge is 0.408 e. The van der Waals surface area contributed by atoms with Crippen molar-refractivity contribution in [2.24, 2.45) is 0 Å². The molecule has 0 radical (unpaired) electrons. The summed E-state index contributed by atoms with van der Waals surface area (Å²) in [6, 6.07) is 26.7. The first-order valence-corrected chi connectivity index (χ1v) is 12.0. The molecule has 0 aliphatic carbocycles. The van der Waals surface area contributed by atoms with E-state index in [0.717, 1.165) is 16.7 Å². The highest BCUT2D eigenvalue weighted by atomic mass is 16.5. The first kappa shape index (κ1) is 26.0. The molecule has 0 aliphatic heterocycles. The molecule has 0 spiro atoms. The summed E-state index contributed by atoms with van der Waals surface area (Å²) in [5.74, 6) is -0.389. The topological polar surface area (TPSA) is 87.7 Å². The maximum absolute atomic E-state index is 13.5. The summed E-state index contributed by atoms with van der Waals surface area (Å²) >= 11 is 0. The van der Waals surface area contributed by atoms with Crippen molar-refractivity contribution < 1.29 is 19.4 Å². The summed E-state index contributed by atoms with van der Waals surface area (Å²) in [7, 11) is 0. The van der Waals surface area contributed by atoms with Gasteiger partial charge in [0.15, 0.2) is 0 Å². The number of aliphatic hydroxyl groups is 1. The molecule has 35 heavy (non-hydrogen) atoms. The molecule has 184 valence electrons. The minimum absolute atomic E-state index is 0.102. The summed E-state index contributed by atoms with van der Waals surface area (Å²) in [4.78, 5) is 26.2. The number of rotatable bonds is 11. The summed E-state index contributed by atoms with van der Waals surface area (Å²) in [5.41, 5.74) is 1.42. The van der Waals surface area contributed by atoms with Crippen molar-refractivity contribution in [3.63, 3.8) is 0 Å². The lowest BCUT2D eigenvalue weighted by Gasteiger charge is -2.36. The molecule has 0 aliphatic rings. The first-order chi connectivity index (χ1) is 16.9. The average Bonchev–Trinajstić information content (AvgIpc) is 2.91. The maximum atomic E-state index is 13.5. The summed E-state index contributed by atoms with van der Waals surface area (Å²) in [5, 5.41) is 17.1. The third-order valence-corrected chi connectivity index (χ3v) is 6.29. The van der Waals surface area contributed by atoms with Gasteiger partial charge in [0.2, 0.25) is 5.91 Å². The molecule has 0 unspecified atom stereocenters. The van der Waals surface area contributed by atoms with E-state index < -0.39 is 23.8 Å². The molecule has 0 bridgehead atoms. The molecule has 2 amide bonds. The Bertz CT molecular complexity index is 1050. The van der Waals surface area contributed by atoms with Gasteiger partial charge in [0, 0.05) is 6.42 Å². The van der Waals surface area contributed by atoms with Crippen LogP contribution in [0.4, 0.5) is 4.79 Å². The van der Waals surface area contributed by atoms with Gasteiger partial charge in [-0.05, 0) is 29.5 Å². The molecule has 0 fully saturated rings. The fourth-order valence-electron chi connectivity index (χ4n) is 4.04. The van der Waals surface area contributed by atoms with E-state index in [2.05, 4.69) is 10.6 Å². The van der Waals surface area contributed by atoms with Crippen molar-refractivity contribution in [2.45, 2.75) is 57.4 Å². The lowest BCUT2D eigenvalue weighted by atomic mass is 9.84. The molecule has 3 aromatic carbocycles. The minimum Gasteiger partial charge on any atom is -0.445 e. The number of hydrogen-bond acceptors (Lipinski definition) is 4. The lowest BCUT2D eigenvalue weighted by molar-refractivity contribution is -0.126. The van der Waals surface area contributed by atoms with Crippen LogP contribution in [-0.2, 0) is 22.6 Å².